The van der Waals surface area contributed by atoms with Gasteiger partial charge in [-0.3, -0.25) is 0 Å². The predicted octanol–water partition coefficient (Wildman–Crippen LogP) is 3.28. The molecule has 0 aromatic heterocycles. The lowest BCUT2D eigenvalue weighted by Gasteiger charge is -2.35. The van der Waals surface area contributed by atoms with Gasteiger partial charge in [-0.05, 0) is 57.3 Å². The van der Waals surface area contributed by atoms with Crippen molar-refractivity contribution in [1.82, 2.24) is 10.2 Å². The van der Waals surface area contributed by atoms with Crippen LogP contribution in [0.15, 0.2) is 0 Å². The van der Waals surface area contributed by atoms with Gasteiger partial charge in [0.2, 0.25) is 0 Å². The van der Waals surface area contributed by atoms with Gasteiger partial charge in [0.25, 0.3) is 0 Å². The highest BCUT2D eigenvalue weighted by Crippen LogP contribution is 2.34. The Morgan fingerprint density at radius 2 is 1.94 bits per heavy atom. The molecule has 0 aromatic carbocycles. The van der Waals surface area contributed by atoms with Gasteiger partial charge in [-0.25, -0.2) is 0 Å². The van der Waals surface area contributed by atoms with Gasteiger partial charge in [-0.2, -0.15) is 0 Å². The summed E-state index contributed by atoms with van der Waals surface area (Å²) in [6, 6.07) is 0.774. The Balaban J connectivity index is 2.10. The Hall–Kier alpha value is -0.0800. The van der Waals surface area contributed by atoms with Crippen molar-refractivity contribution in [2.75, 3.05) is 26.2 Å². The molecule has 1 fully saturated rings. The predicted molar refractivity (Wildman–Crippen MR) is 76.4 cm³/mol. The summed E-state index contributed by atoms with van der Waals surface area (Å²) in [5.41, 5.74) is 0.564. The van der Waals surface area contributed by atoms with Gasteiger partial charge in [0.15, 0.2) is 0 Å². The molecule has 0 saturated heterocycles. The molecule has 1 saturated carbocycles. The molecule has 0 radical (unpaired) electrons. The molecule has 1 aliphatic carbocycles. The molecular weight excluding hydrogens is 208 g/mol. The van der Waals surface area contributed by atoms with Crippen LogP contribution in [0.5, 0.6) is 0 Å². The maximum atomic E-state index is 3.75. The van der Waals surface area contributed by atoms with Gasteiger partial charge >= 0.3 is 0 Å². The molecule has 17 heavy (non-hydrogen) atoms. The summed E-state index contributed by atoms with van der Waals surface area (Å²) in [6.45, 7) is 14.1. The highest BCUT2D eigenvalue weighted by Gasteiger charge is 2.27. The highest BCUT2D eigenvalue weighted by molar-refractivity contribution is 4.83. The van der Waals surface area contributed by atoms with Gasteiger partial charge in [0.1, 0.15) is 0 Å². The first-order chi connectivity index (χ1) is 8.07. The van der Waals surface area contributed by atoms with Crippen molar-refractivity contribution in [2.24, 2.45) is 5.41 Å². The zero-order chi connectivity index (χ0) is 12.7. The molecule has 1 N–H and O–H groups in total. The Morgan fingerprint density at radius 1 is 1.24 bits per heavy atom. The van der Waals surface area contributed by atoms with Gasteiger partial charge in [-0.1, -0.05) is 34.1 Å². The van der Waals surface area contributed by atoms with Crippen molar-refractivity contribution in [3.05, 3.63) is 0 Å². The number of nitrogens with zero attached hydrogens (tertiary/aromatic N) is 1. The summed E-state index contributed by atoms with van der Waals surface area (Å²) in [4.78, 5) is 2.51. The van der Waals surface area contributed by atoms with Crippen molar-refractivity contribution in [2.45, 2.75) is 65.8 Å². The first kappa shape index (κ1) is 15.0. The molecule has 2 nitrogen and oxygen atoms in total. The first-order valence-corrected chi connectivity index (χ1v) is 7.53. The van der Waals surface area contributed by atoms with E-state index in [9.17, 15) is 0 Å². The summed E-state index contributed by atoms with van der Waals surface area (Å²) in [5.74, 6) is 0. The Kier molecular flexibility index (Phi) is 6.50. The monoisotopic (exact) mass is 240 g/mol. The van der Waals surface area contributed by atoms with E-state index in [1.165, 1.54) is 58.3 Å². The van der Waals surface area contributed by atoms with E-state index in [4.69, 9.17) is 0 Å². The second kappa shape index (κ2) is 7.38. The standard InChI is InChI=1S/C15H32N2/c1-5-17(6-2)12-8-11-16-14-9-7-10-15(3,4)13-14/h14,16H,5-13H2,1-4H3. The molecule has 0 aliphatic heterocycles. The smallest absolute Gasteiger partial charge is 0.00721 e. The SMILES string of the molecule is CCN(CC)CCCNC1CCCC(C)(C)C1. The fourth-order valence-electron chi connectivity index (χ4n) is 3.02. The minimum atomic E-state index is 0.564. The summed E-state index contributed by atoms with van der Waals surface area (Å²) in [5, 5.41) is 3.75. The van der Waals surface area contributed by atoms with Crippen LogP contribution in [0, 0.1) is 5.41 Å². The molecule has 0 aromatic rings. The van der Waals surface area contributed by atoms with Crippen LogP contribution in [0.3, 0.4) is 0 Å². The minimum Gasteiger partial charge on any atom is -0.314 e. The van der Waals surface area contributed by atoms with Gasteiger partial charge < -0.3 is 10.2 Å². The molecule has 0 heterocycles. The fraction of sp³-hybridized carbons (Fsp3) is 1.00. The molecule has 1 unspecified atom stereocenters. The lowest BCUT2D eigenvalue weighted by atomic mass is 9.75. The van der Waals surface area contributed by atoms with Crippen molar-refractivity contribution < 1.29 is 0 Å². The van der Waals surface area contributed by atoms with Crippen molar-refractivity contribution in [1.29, 1.82) is 0 Å². The zero-order valence-corrected chi connectivity index (χ0v) is 12.4. The normalized spacial score (nSPS) is 24.2. The van der Waals surface area contributed by atoms with E-state index in [0.717, 1.165) is 6.04 Å². The molecule has 1 rings (SSSR count). The van der Waals surface area contributed by atoms with Gasteiger partial charge in [-0.15, -0.1) is 0 Å². The molecule has 0 amide bonds. The zero-order valence-electron chi connectivity index (χ0n) is 12.4. The van der Waals surface area contributed by atoms with Crippen LogP contribution in [0.1, 0.15) is 59.8 Å². The topological polar surface area (TPSA) is 15.3 Å². The lowest BCUT2D eigenvalue weighted by Crippen LogP contribution is -2.38. The second-order valence-corrected chi connectivity index (χ2v) is 6.29. The Bertz CT molecular complexity index is 197. The summed E-state index contributed by atoms with van der Waals surface area (Å²) in [7, 11) is 0. The number of nitrogens with one attached hydrogen (secondary N) is 1. The summed E-state index contributed by atoms with van der Waals surface area (Å²) >= 11 is 0. The third kappa shape index (κ3) is 5.87. The van der Waals surface area contributed by atoms with Crippen LogP contribution in [-0.2, 0) is 0 Å². The van der Waals surface area contributed by atoms with Crippen LogP contribution in [0.4, 0.5) is 0 Å². The third-order valence-corrected chi connectivity index (χ3v) is 4.18. The fourth-order valence-corrected chi connectivity index (χ4v) is 3.02. The second-order valence-electron chi connectivity index (χ2n) is 6.29. The number of rotatable bonds is 7. The van der Waals surface area contributed by atoms with E-state index in [2.05, 4.69) is 37.9 Å². The highest BCUT2D eigenvalue weighted by atomic mass is 15.1. The van der Waals surface area contributed by atoms with Gasteiger partial charge in [0, 0.05) is 6.04 Å². The van der Waals surface area contributed by atoms with Crippen molar-refractivity contribution in [3.63, 3.8) is 0 Å². The Labute approximate surface area is 108 Å². The molecular formula is C15H32N2. The van der Waals surface area contributed by atoms with Crippen molar-refractivity contribution >= 4 is 0 Å². The van der Waals surface area contributed by atoms with E-state index >= 15 is 0 Å². The van der Waals surface area contributed by atoms with E-state index in [0.29, 0.717) is 5.41 Å². The van der Waals surface area contributed by atoms with E-state index < -0.39 is 0 Å². The largest absolute Gasteiger partial charge is 0.314 e. The quantitative estimate of drug-likeness (QED) is 0.687. The van der Waals surface area contributed by atoms with E-state index in [-0.39, 0.29) is 0 Å². The average molecular weight is 240 g/mol. The maximum Gasteiger partial charge on any atom is 0.00721 e. The molecule has 1 aliphatic rings. The average Bonchev–Trinajstić information content (AvgIpc) is 2.28. The summed E-state index contributed by atoms with van der Waals surface area (Å²) < 4.78 is 0. The summed E-state index contributed by atoms with van der Waals surface area (Å²) in [6.07, 6.45) is 6.84. The molecule has 2 heteroatoms. The molecule has 0 spiro atoms. The minimum absolute atomic E-state index is 0.564. The first-order valence-electron chi connectivity index (χ1n) is 7.53. The van der Waals surface area contributed by atoms with Crippen molar-refractivity contribution in [3.8, 4) is 0 Å². The third-order valence-electron chi connectivity index (χ3n) is 4.18. The number of hydrogen-bond donors (Lipinski definition) is 1. The van der Waals surface area contributed by atoms with Crippen LogP contribution in [-0.4, -0.2) is 37.1 Å². The van der Waals surface area contributed by atoms with Crippen LogP contribution in [0.2, 0.25) is 0 Å². The molecule has 0 bridgehead atoms. The van der Waals surface area contributed by atoms with Crippen LogP contribution >= 0.6 is 0 Å². The van der Waals surface area contributed by atoms with E-state index in [1.807, 2.05) is 0 Å². The number of hydrogen-bond acceptors (Lipinski definition) is 2. The van der Waals surface area contributed by atoms with Crippen LogP contribution < -0.4 is 5.32 Å². The molecule has 102 valence electrons. The van der Waals surface area contributed by atoms with Crippen LogP contribution in [0.25, 0.3) is 0 Å². The van der Waals surface area contributed by atoms with E-state index in [1.54, 1.807) is 0 Å². The maximum absolute atomic E-state index is 3.75. The lowest BCUT2D eigenvalue weighted by molar-refractivity contribution is 0.196. The van der Waals surface area contributed by atoms with Gasteiger partial charge in [0.05, 0.1) is 0 Å². The molecule has 1 atom stereocenters. The Morgan fingerprint density at radius 3 is 2.53 bits per heavy atom.